The van der Waals surface area contributed by atoms with Gasteiger partial charge in [0.05, 0.1) is 0 Å². The smallest absolute Gasteiger partial charge is 0.251 e. The zero-order valence-electron chi connectivity index (χ0n) is 13.8. The van der Waals surface area contributed by atoms with Crippen LogP contribution in [0.3, 0.4) is 0 Å². The van der Waals surface area contributed by atoms with Gasteiger partial charge in [0, 0.05) is 24.7 Å². The van der Waals surface area contributed by atoms with Crippen LogP contribution in [0.15, 0.2) is 24.3 Å². The zero-order valence-corrected chi connectivity index (χ0v) is 13.8. The lowest BCUT2D eigenvalue weighted by molar-refractivity contribution is -0.114. The second-order valence-electron chi connectivity index (χ2n) is 5.25. The maximum absolute atomic E-state index is 12.1. The number of anilines is 1. The van der Waals surface area contributed by atoms with E-state index in [0.29, 0.717) is 17.8 Å². The van der Waals surface area contributed by atoms with E-state index in [2.05, 4.69) is 29.4 Å². The molecular weight excluding hydrogens is 278 g/mol. The molecule has 0 fully saturated rings. The highest BCUT2D eigenvalue weighted by Gasteiger charge is 2.06. The number of nitrogens with one attached hydrogen (secondary N) is 2. The summed E-state index contributed by atoms with van der Waals surface area (Å²) in [6.07, 6.45) is 2.04. The molecule has 2 N–H and O–H groups in total. The Morgan fingerprint density at radius 1 is 1.14 bits per heavy atom. The molecule has 0 heterocycles. The highest BCUT2D eigenvalue weighted by atomic mass is 16.2. The topological polar surface area (TPSA) is 61.4 Å². The molecule has 1 aromatic rings. The minimum absolute atomic E-state index is 0.102. The molecule has 0 bridgehead atoms. The van der Waals surface area contributed by atoms with Crippen LogP contribution in [-0.4, -0.2) is 42.9 Å². The SMILES string of the molecule is CCN(CC)CCCCNC(=O)c1cccc(NC(C)=O)c1. The molecule has 0 aliphatic rings. The predicted molar refractivity (Wildman–Crippen MR) is 90.1 cm³/mol. The fraction of sp³-hybridized carbons (Fsp3) is 0.529. The molecule has 2 amide bonds. The fourth-order valence-corrected chi connectivity index (χ4v) is 2.25. The number of hydrogen-bond acceptors (Lipinski definition) is 3. The summed E-state index contributed by atoms with van der Waals surface area (Å²) in [6, 6.07) is 6.96. The van der Waals surface area contributed by atoms with Crippen molar-refractivity contribution < 1.29 is 9.59 Å². The van der Waals surface area contributed by atoms with Crippen LogP contribution in [0.25, 0.3) is 0 Å². The normalized spacial score (nSPS) is 10.5. The number of unbranched alkanes of at least 4 members (excludes halogenated alkanes) is 1. The monoisotopic (exact) mass is 305 g/mol. The van der Waals surface area contributed by atoms with E-state index in [-0.39, 0.29) is 11.8 Å². The lowest BCUT2D eigenvalue weighted by Crippen LogP contribution is -2.27. The van der Waals surface area contributed by atoms with Gasteiger partial charge in [-0.15, -0.1) is 0 Å². The quantitative estimate of drug-likeness (QED) is 0.689. The van der Waals surface area contributed by atoms with Crippen LogP contribution in [0, 0.1) is 0 Å². The summed E-state index contributed by atoms with van der Waals surface area (Å²) in [5.74, 6) is -0.246. The van der Waals surface area contributed by atoms with Crippen molar-refractivity contribution in [2.24, 2.45) is 0 Å². The van der Waals surface area contributed by atoms with Crippen molar-refractivity contribution >= 4 is 17.5 Å². The lowest BCUT2D eigenvalue weighted by Gasteiger charge is -2.17. The predicted octanol–water partition coefficient (Wildman–Crippen LogP) is 2.50. The van der Waals surface area contributed by atoms with E-state index in [0.717, 1.165) is 32.5 Å². The van der Waals surface area contributed by atoms with Crippen LogP contribution >= 0.6 is 0 Å². The summed E-state index contributed by atoms with van der Waals surface area (Å²) < 4.78 is 0. The minimum atomic E-state index is -0.144. The molecule has 0 saturated carbocycles. The molecule has 0 spiro atoms. The first-order valence-electron chi connectivity index (χ1n) is 7.95. The van der Waals surface area contributed by atoms with Crippen LogP contribution in [0.4, 0.5) is 5.69 Å². The average Bonchev–Trinajstić information content (AvgIpc) is 2.50. The van der Waals surface area contributed by atoms with Crippen molar-refractivity contribution in [3.8, 4) is 0 Å². The Labute approximate surface area is 133 Å². The summed E-state index contributed by atoms with van der Waals surface area (Å²) in [5.41, 5.74) is 1.21. The third kappa shape index (κ3) is 6.72. The number of rotatable bonds is 9. The van der Waals surface area contributed by atoms with Crippen molar-refractivity contribution in [3.63, 3.8) is 0 Å². The highest BCUT2D eigenvalue weighted by Crippen LogP contribution is 2.10. The summed E-state index contributed by atoms with van der Waals surface area (Å²) in [7, 11) is 0. The molecule has 0 aromatic heterocycles. The van der Waals surface area contributed by atoms with Gasteiger partial charge in [-0.1, -0.05) is 19.9 Å². The van der Waals surface area contributed by atoms with Gasteiger partial charge in [-0.05, 0) is 50.7 Å². The van der Waals surface area contributed by atoms with E-state index < -0.39 is 0 Å². The Morgan fingerprint density at radius 3 is 2.50 bits per heavy atom. The van der Waals surface area contributed by atoms with E-state index in [1.807, 2.05) is 0 Å². The Kier molecular flexibility index (Phi) is 8.22. The first-order valence-corrected chi connectivity index (χ1v) is 7.95. The van der Waals surface area contributed by atoms with Gasteiger partial charge >= 0.3 is 0 Å². The van der Waals surface area contributed by atoms with Crippen LogP contribution in [0.1, 0.15) is 44.0 Å². The zero-order chi connectivity index (χ0) is 16.4. The van der Waals surface area contributed by atoms with Gasteiger partial charge in [-0.25, -0.2) is 0 Å². The van der Waals surface area contributed by atoms with Crippen LogP contribution in [0.5, 0.6) is 0 Å². The number of benzene rings is 1. The average molecular weight is 305 g/mol. The number of hydrogen-bond donors (Lipinski definition) is 2. The summed E-state index contributed by atoms with van der Waals surface area (Å²) in [5, 5.41) is 5.60. The van der Waals surface area contributed by atoms with Crippen molar-refractivity contribution in [1.82, 2.24) is 10.2 Å². The summed E-state index contributed by atoms with van der Waals surface area (Å²) in [4.78, 5) is 25.5. The number of carbonyl (C=O) groups excluding carboxylic acids is 2. The van der Waals surface area contributed by atoms with Gasteiger partial charge in [-0.2, -0.15) is 0 Å². The van der Waals surface area contributed by atoms with Gasteiger partial charge < -0.3 is 15.5 Å². The molecule has 0 aliphatic carbocycles. The van der Waals surface area contributed by atoms with Gasteiger partial charge in [0.15, 0.2) is 0 Å². The first-order chi connectivity index (χ1) is 10.6. The molecule has 0 saturated heterocycles. The first kappa shape index (κ1) is 18.2. The van der Waals surface area contributed by atoms with E-state index in [1.165, 1.54) is 6.92 Å². The fourth-order valence-electron chi connectivity index (χ4n) is 2.25. The second kappa shape index (κ2) is 9.95. The second-order valence-corrected chi connectivity index (χ2v) is 5.25. The molecule has 5 heteroatoms. The standard InChI is InChI=1S/C17H27N3O2/c1-4-20(5-2)12-7-6-11-18-17(22)15-9-8-10-16(13-15)19-14(3)21/h8-10,13H,4-7,11-12H2,1-3H3,(H,18,22)(H,19,21). The van der Waals surface area contributed by atoms with Crippen molar-refractivity contribution in [2.75, 3.05) is 31.5 Å². The van der Waals surface area contributed by atoms with E-state index in [1.54, 1.807) is 24.3 Å². The Morgan fingerprint density at radius 2 is 1.86 bits per heavy atom. The lowest BCUT2D eigenvalue weighted by atomic mass is 10.2. The number of amides is 2. The molecule has 1 rings (SSSR count). The third-order valence-electron chi connectivity index (χ3n) is 3.53. The molecule has 122 valence electrons. The van der Waals surface area contributed by atoms with E-state index in [4.69, 9.17) is 0 Å². The molecule has 0 radical (unpaired) electrons. The van der Waals surface area contributed by atoms with E-state index in [9.17, 15) is 9.59 Å². The van der Waals surface area contributed by atoms with E-state index >= 15 is 0 Å². The van der Waals surface area contributed by atoms with Gasteiger partial charge in [0.25, 0.3) is 5.91 Å². The number of carbonyl (C=O) groups is 2. The summed E-state index contributed by atoms with van der Waals surface area (Å²) in [6.45, 7) is 9.65. The number of nitrogens with zero attached hydrogens (tertiary/aromatic N) is 1. The molecule has 0 aliphatic heterocycles. The molecule has 0 unspecified atom stereocenters. The molecular formula is C17H27N3O2. The van der Waals surface area contributed by atoms with Crippen LogP contribution in [0.2, 0.25) is 0 Å². The van der Waals surface area contributed by atoms with Gasteiger partial charge in [-0.3, -0.25) is 9.59 Å². The Hall–Kier alpha value is -1.88. The van der Waals surface area contributed by atoms with Crippen LogP contribution in [-0.2, 0) is 4.79 Å². The molecule has 0 atom stereocenters. The van der Waals surface area contributed by atoms with Crippen molar-refractivity contribution in [2.45, 2.75) is 33.6 Å². The van der Waals surface area contributed by atoms with Crippen molar-refractivity contribution in [1.29, 1.82) is 0 Å². The van der Waals surface area contributed by atoms with Gasteiger partial charge in [0.2, 0.25) is 5.91 Å². The Balaban J connectivity index is 2.35. The molecule has 22 heavy (non-hydrogen) atoms. The summed E-state index contributed by atoms with van der Waals surface area (Å²) >= 11 is 0. The maximum Gasteiger partial charge on any atom is 0.251 e. The third-order valence-corrected chi connectivity index (χ3v) is 3.53. The minimum Gasteiger partial charge on any atom is -0.352 e. The van der Waals surface area contributed by atoms with Gasteiger partial charge in [0.1, 0.15) is 0 Å². The Bertz CT molecular complexity index is 485. The highest BCUT2D eigenvalue weighted by molar-refractivity contribution is 5.96. The van der Waals surface area contributed by atoms with Crippen molar-refractivity contribution in [3.05, 3.63) is 29.8 Å². The largest absolute Gasteiger partial charge is 0.352 e. The molecule has 1 aromatic carbocycles. The molecule has 5 nitrogen and oxygen atoms in total. The maximum atomic E-state index is 12.1. The van der Waals surface area contributed by atoms with Crippen LogP contribution < -0.4 is 10.6 Å².